The van der Waals surface area contributed by atoms with E-state index in [0.717, 1.165) is 25.6 Å². The fraction of sp³-hybridized carbons (Fsp3) is 0.300. The zero-order valence-electron chi connectivity index (χ0n) is 18.0. The Morgan fingerprint density at radius 1 is 1.22 bits per heavy atom. The van der Waals surface area contributed by atoms with Crippen LogP contribution in [-0.4, -0.2) is 63.5 Å². The van der Waals surface area contributed by atoms with Crippen molar-refractivity contribution in [2.45, 2.75) is 13.0 Å². The van der Waals surface area contributed by atoms with Crippen LogP contribution in [0.1, 0.15) is 12.0 Å². The number of halogens is 2. The van der Waals surface area contributed by atoms with Crippen molar-refractivity contribution in [2.24, 2.45) is 5.10 Å². The number of rotatable bonds is 7. The molecular formula is C20H24F2N10. The molecule has 2 aromatic heterocycles. The summed E-state index contributed by atoms with van der Waals surface area (Å²) in [6.07, 6.45) is 4.36. The van der Waals surface area contributed by atoms with Gasteiger partial charge in [0.2, 0.25) is 0 Å². The number of benzene rings is 1. The van der Waals surface area contributed by atoms with Crippen molar-refractivity contribution in [2.75, 3.05) is 38.4 Å². The zero-order chi connectivity index (χ0) is 22.8. The molecule has 3 N–H and O–H groups in total. The van der Waals surface area contributed by atoms with E-state index in [9.17, 15) is 8.78 Å². The molecule has 0 spiro atoms. The van der Waals surface area contributed by atoms with E-state index in [0.29, 0.717) is 16.8 Å². The van der Waals surface area contributed by atoms with Crippen molar-refractivity contribution in [1.29, 1.82) is 0 Å². The number of hydrazine groups is 2. The second kappa shape index (κ2) is 8.85. The average Bonchev–Trinajstić information content (AvgIpc) is 3.37. The van der Waals surface area contributed by atoms with E-state index in [1.54, 1.807) is 24.0 Å². The van der Waals surface area contributed by atoms with Gasteiger partial charge >= 0.3 is 0 Å². The summed E-state index contributed by atoms with van der Waals surface area (Å²) in [7, 11) is 5.66. The van der Waals surface area contributed by atoms with Crippen LogP contribution in [0.25, 0.3) is 11.3 Å². The fourth-order valence-corrected chi connectivity index (χ4v) is 3.34. The van der Waals surface area contributed by atoms with Gasteiger partial charge in [0.1, 0.15) is 17.2 Å². The maximum absolute atomic E-state index is 14.5. The van der Waals surface area contributed by atoms with Crippen molar-refractivity contribution < 1.29 is 8.78 Å². The van der Waals surface area contributed by atoms with Crippen molar-refractivity contribution in [3.05, 3.63) is 53.9 Å². The van der Waals surface area contributed by atoms with Crippen LogP contribution in [0.5, 0.6) is 0 Å². The molecule has 3 heterocycles. The van der Waals surface area contributed by atoms with Crippen LogP contribution in [0.4, 0.5) is 20.3 Å². The Kier molecular flexibility index (Phi) is 5.97. The van der Waals surface area contributed by atoms with Crippen LogP contribution < -0.4 is 16.3 Å². The Labute approximate surface area is 183 Å². The van der Waals surface area contributed by atoms with Gasteiger partial charge in [-0.3, -0.25) is 4.68 Å². The molecule has 0 saturated carbocycles. The van der Waals surface area contributed by atoms with Gasteiger partial charge in [-0.05, 0) is 45.3 Å². The standard InChI is InChI=1S/C20H24F2N10/c1-29(2)8-5-9-31-12-16(25-28-31)13-10-14(19(23)24-11-13)20-26-27-30(3)32(20)17-7-4-6-15(21)18(17)22/h4,6-7,10-12,27H,5,8-9H2,1-3H3,(H2,23,24). The van der Waals surface area contributed by atoms with Crippen molar-refractivity contribution in [1.82, 2.24) is 35.5 Å². The first kappa shape index (κ1) is 21.6. The van der Waals surface area contributed by atoms with Crippen LogP contribution in [0, 0.1) is 11.6 Å². The Balaban J connectivity index is 1.64. The van der Waals surface area contributed by atoms with Gasteiger partial charge in [-0.15, -0.1) is 15.3 Å². The molecule has 3 aromatic rings. The maximum Gasteiger partial charge on any atom is 0.184 e. The lowest BCUT2D eigenvalue weighted by molar-refractivity contribution is 0.275. The van der Waals surface area contributed by atoms with E-state index in [-0.39, 0.29) is 17.3 Å². The Hall–Kier alpha value is -3.64. The average molecular weight is 442 g/mol. The number of aryl methyl sites for hydroxylation is 1. The summed E-state index contributed by atoms with van der Waals surface area (Å²) in [6.45, 7) is 1.67. The normalized spacial score (nSPS) is 14.2. The third kappa shape index (κ3) is 4.22. The summed E-state index contributed by atoms with van der Waals surface area (Å²) in [5.41, 5.74) is 10.6. The van der Waals surface area contributed by atoms with Crippen LogP contribution in [0.2, 0.25) is 0 Å². The molecule has 0 amide bonds. The van der Waals surface area contributed by atoms with Gasteiger partial charge in [0.25, 0.3) is 0 Å². The molecule has 12 heteroatoms. The minimum Gasteiger partial charge on any atom is -0.383 e. The molecule has 32 heavy (non-hydrogen) atoms. The molecule has 168 valence electrons. The predicted octanol–water partition coefficient (Wildman–Crippen LogP) is 1.69. The molecule has 0 saturated heterocycles. The van der Waals surface area contributed by atoms with Gasteiger partial charge in [-0.1, -0.05) is 11.3 Å². The quantitative estimate of drug-likeness (QED) is 0.570. The molecule has 0 fully saturated rings. The van der Waals surface area contributed by atoms with Gasteiger partial charge in [-0.2, -0.15) is 0 Å². The Morgan fingerprint density at radius 3 is 2.81 bits per heavy atom. The highest BCUT2D eigenvalue weighted by atomic mass is 19.2. The van der Waals surface area contributed by atoms with Crippen molar-refractivity contribution in [3.63, 3.8) is 0 Å². The Morgan fingerprint density at radius 2 is 2.03 bits per heavy atom. The monoisotopic (exact) mass is 442 g/mol. The lowest BCUT2D eigenvalue weighted by Crippen LogP contribution is -2.44. The van der Waals surface area contributed by atoms with Crippen LogP contribution >= 0.6 is 0 Å². The van der Waals surface area contributed by atoms with E-state index in [1.807, 2.05) is 20.3 Å². The molecule has 1 aliphatic heterocycles. The number of nitrogens with zero attached hydrogens (tertiary/aromatic N) is 8. The predicted molar refractivity (Wildman–Crippen MR) is 117 cm³/mol. The van der Waals surface area contributed by atoms with Gasteiger partial charge in [0, 0.05) is 25.4 Å². The second-order valence-corrected chi connectivity index (χ2v) is 7.62. The summed E-state index contributed by atoms with van der Waals surface area (Å²) in [5, 5.41) is 15.4. The number of nitrogens with two attached hydrogens (primary N) is 1. The SMILES string of the molecule is CN(C)CCCn1cc(-c2cnc(N)c(C3=NNN(C)N3c3cccc(F)c3F)c2)nn1. The summed E-state index contributed by atoms with van der Waals surface area (Å²) < 4.78 is 30.1. The van der Waals surface area contributed by atoms with Crippen LogP contribution in [0.15, 0.2) is 41.8 Å². The lowest BCUT2D eigenvalue weighted by Gasteiger charge is -2.26. The first-order chi connectivity index (χ1) is 15.3. The number of nitrogen functional groups attached to an aromatic ring is 1. The molecule has 0 unspecified atom stereocenters. The number of hydrogen-bond acceptors (Lipinski definition) is 9. The van der Waals surface area contributed by atoms with E-state index < -0.39 is 11.6 Å². The number of hydrogen-bond donors (Lipinski definition) is 2. The topological polar surface area (TPSA) is 104 Å². The molecule has 4 rings (SSSR count). The van der Waals surface area contributed by atoms with Gasteiger partial charge in [0.15, 0.2) is 17.5 Å². The first-order valence-corrected chi connectivity index (χ1v) is 9.97. The van der Waals surface area contributed by atoms with E-state index in [2.05, 4.69) is 30.8 Å². The minimum atomic E-state index is -1.00. The highest BCUT2D eigenvalue weighted by Gasteiger charge is 2.30. The molecule has 10 nitrogen and oxygen atoms in total. The summed E-state index contributed by atoms with van der Waals surface area (Å²) in [6, 6.07) is 5.67. The highest BCUT2D eigenvalue weighted by molar-refractivity contribution is 6.13. The van der Waals surface area contributed by atoms with Gasteiger partial charge < -0.3 is 10.6 Å². The highest BCUT2D eigenvalue weighted by Crippen LogP contribution is 2.29. The van der Waals surface area contributed by atoms with Gasteiger partial charge in [0.05, 0.1) is 11.8 Å². The van der Waals surface area contributed by atoms with E-state index in [4.69, 9.17) is 5.73 Å². The largest absolute Gasteiger partial charge is 0.383 e. The van der Waals surface area contributed by atoms with E-state index in [1.165, 1.54) is 22.3 Å². The number of anilines is 2. The number of nitrogens with one attached hydrogen (secondary N) is 1. The summed E-state index contributed by atoms with van der Waals surface area (Å²) in [4.78, 5) is 6.37. The zero-order valence-corrected chi connectivity index (χ0v) is 18.0. The number of pyridine rings is 1. The van der Waals surface area contributed by atoms with Crippen molar-refractivity contribution in [3.8, 4) is 11.3 Å². The first-order valence-electron chi connectivity index (χ1n) is 9.97. The number of aromatic nitrogens is 4. The molecule has 0 bridgehead atoms. The van der Waals surface area contributed by atoms with Crippen LogP contribution in [0.3, 0.4) is 0 Å². The lowest BCUT2D eigenvalue weighted by atomic mass is 10.1. The fourth-order valence-electron chi connectivity index (χ4n) is 3.34. The minimum absolute atomic E-state index is 0.0205. The maximum atomic E-state index is 14.5. The van der Waals surface area contributed by atoms with Crippen LogP contribution in [-0.2, 0) is 6.54 Å². The third-order valence-corrected chi connectivity index (χ3v) is 4.95. The van der Waals surface area contributed by atoms with Gasteiger partial charge in [-0.25, -0.2) is 24.3 Å². The summed E-state index contributed by atoms with van der Waals surface area (Å²) >= 11 is 0. The third-order valence-electron chi connectivity index (χ3n) is 4.95. The molecule has 0 aliphatic carbocycles. The molecule has 0 atom stereocenters. The second-order valence-electron chi connectivity index (χ2n) is 7.62. The number of hydrazone groups is 1. The molecule has 0 radical (unpaired) electrons. The molecule has 1 aromatic carbocycles. The summed E-state index contributed by atoms with van der Waals surface area (Å²) in [5.74, 6) is -1.51. The Bertz CT molecular complexity index is 1140. The molecular weight excluding hydrogens is 418 g/mol. The van der Waals surface area contributed by atoms with E-state index >= 15 is 0 Å². The van der Waals surface area contributed by atoms with Crippen molar-refractivity contribution >= 4 is 17.3 Å². The molecule has 1 aliphatic rings. The number of amidine groups is 1. The smallest absolute Gasteiger partial charge is 0.184 e.